The van der Waals surface area contributed by atoms with Gasteiger partial charge in [-0.25, -0.2) is 21.9 Å². The summed E-state index contributed by atoms with van der Waals surface area (Å²) in [4.78, 5) is 17.2. The number of ether oxygens (including phenoxy) is 1. The van der Waals surface area contributed by atoms with Gasteiger partial charge in [0.2, 0.25) is 10.0 Å². The predicted octanol–water partition coefficient (Wildman–Crippen LogP) is 2.98. The number of rotatable bonds is 8. The normalized spacial score (nSPS) is 20.8. The van der Waals surface area contributed by atoms with E-state index in [1.165, 1.54) is 23.8 Å². The summed E-state index contributed by atoms with van der Waals surface area (Å²) < 4.78 is 60.8. The summed E-state index contributed by atoms with van der Waals surface area (Å²) in [6.07, 6.45) is 5.04. The number of hydrogen-bond acceptors (Lipinski definition) is 7. The van der Waals surface area contributed by atoms with E-state index in [0.717, 1.165) is 31.5 Å². The molecule has 0 unspecified atom stereocenters. The number of carbonyl (C=O) groups excluding carboxylic acids is 1. The van der Waals surface area contributed by atoms with Gasteiger partial charge in [-0.2, -0.15) is 0 Å². The second-order valence-corrected chi connectivity index (χ2v) is 12.8. The van der Waals surface area contributed by atoms with Crippen LogP contribution >= 0.6 is 0 Å². The van der Waals surface area contributed by atoms with Crippen molar-refractivity contribution >= 4 is 33.0 Å². The Morgan fingerprint density at radius 2 is 1.77 bits per heavy atom. The van der Waals surface area contributed by atoms with Gasteiger partial charge in [-0.05, 0) is 61.4 Å². The number of sulfonamides is 1. The summed E-state index contributed by atoms with van der Waals surface area (Å²) in [6.45, 7) is 0.662. The van der Waals surface area contributed by atoms with Gasteiger partial charge < -0.3 is 25.0 Å². The van der Waals surface area contributed by atoms with Crippen LogP contribution < -0.4 is 24.6 Å². The quantitative estimate of drug-likeness (QED) is 0.454. The molecular weight excluding hydrogens is 530 g/mol. The highest BCUT2D eigenvalue weighted by Gasteiger charge is 2.46. The molecule has 1 aliphatic carbocycles. The molecule has 210 valence electrons. The molecule has 0 aromatic heterocycles. The zero-order valence-electron chi connectivity index (χ0n) is 21.5. The monoisotopic (exact) mass is 562 g/mol. The van der Waals surface area contributed by atoms with Crippen molar-refractivity contribution in [1.82, 2.24) is 4.72 Å². The maximum atomic E-state index is 13.6. The summed E-state index contributed by atoms with van der Waals surface area (Å²) in [5.41, 5.74) is 3.11. The fourth-order valence-corrected chi connectivity index (χ4v) is 6.78. The molecule has 3 N–H and O–H groups in total. The average Bonchev–Trinajstić information content (AvgIpc) is 3.47. The Morgan fingerprint density at radius 3 is 2.44 bits per heavy atom. The van der Waals surface area contributed by atoms with Gasteiger partial charge in [0.05, 0.1) is 48.3 Å². The van der Waals surface area contributed by atoms with Crippen LogP contribution in [0.15, 0.2) is 35.2 Å². The Morgan fingerprint density at radius 1 is 1.03 bits per heavy atom. The lowest BCUT2D eigenvalue weighted by Gasteiger charge is -2.41. The number of fused-ring (bicyclic) bond motifs is 1. The summed E-state index contributed by atoms with van der Waals surface area (Å²) in [5.74, 6) is -2.63. The molecule has 2 aromatic carbocycles. The van der Waals surface area contributed by atoms with Crippen LogP contribution in [0, 0.1) is 5.41 Å². The van der Waals surface area contributed by atoms with Crippen molar-refractivity contribution in [3.63, 3.8) is 0 Å². The number of aliphatic hydroxyl groups excluding tert-OH is 1. The molecule has 6 rings (SSSR count). The molecule has 0 bridgehead atoms. The lowest BCUT2D eigenvalue weighted by atomic mass is 9.93. The molecule has 2 saturated heterocycles. The third kappa shape index (κ3) is 5.17. The minimum absolute atomic E-state index is 0.0475. The van der Waals surface area contributed by atoms with E-state index in [4.69, 9.17) is 9.84 Å². The SMILES string of the molecule is O=C(Nc1ccc(S(=O)(=O)NCCO)cc1N1CCC2(CC1)CC2)c1cc2c(c(N3CC(F)(F)C3)c1)OCC2. The molecular formula is C27H32F2N4O5S. The highest BCUT2D eigenvalue weighted by atomic mass is 32.2. The number of aliphatic hydroxyl groups is 1. The van der Waals surface area contributed by atoms with Crippen molar-refractivity contribution in [3.8, 4) is 5.75 Å². The number of benzene rings is 2. The number of nitrogens with zero attached hydrogens (tertiary/aromatic N) is 2. The van der Waals surface area contributed by atoms with Crippen molar-refractivity contribution < 1.29 is 31.8 Å². The number of alkyl halides is 2. The minimum atomic E-state index is -3.85. The number of hydrogen-bond donors (Lipinski definition) is 3. The van der Waals surface area contributed by atoms with Gasteiger partial charge in [-0.15, -0.1) is 0 Å². The predicted molar refractivity (Wildman–Crippen MR) is 143 cm³/mol. The Balaban J connectivity index is 1.30. The molecule has 39 heavy (non-hydrogen) atoms. The van der Waals surface area contributed by atoms with Crippen LogP contribution in [0.5, 0.6) is 5.75 Å². The molecule has 12 heteroatoms. The van der Waals surface area contributed by atoms with Crippen molar-refractivity contribution in [3.05, 3.63) is 41.5 Å². The smallest absolute Gasteiger partial charge is 0.282 e. The molecule has 1 saturated carbocycles. The zero-order chi connectivity index (χ0) is 27.4. The topological polar surface area (TPSA) is 111 Å². The van der Waals surface area contributed by atoms with Crippen LogP contribution in [0.3, 0.4) is 0 Å². The van der Waals surface area contributed by atoms with E-state index in [1.54, 1.807) is 24.3 Å². The Labute approximate surface area is 226 Å². The number of halogens is 2. The lowest BCUT2D eigenvalue weighted by molar-refractivity contribution is -0.0264. The first-order valence-electron chi connectivity index (χ1n) is 13.3. The highest BCUT2D eigenvalue weighted by Crippen LogP contribution is 2.54. The van der Waals surface area contributed by atoms with Gasteiger partial charge in [-0.3, -0.25) is 4.79 Å². The van der Waals surface area contributed by atoms with Crippen LogP contribution in [0.4, 0.5) is 25.8 Å². The molecule has 2 aromatic rings. The molecule has 0 radical (unpaired) electrons. The highest BCUT2D eigenvalue weighted by molar-refractivity contribution is 7.89. The zero-order valence-corrected chi connectivity index (χ0v) is 22.3. The number of piperidine rings is 1. The number of nitrogens with one attached hydrogen (secondary N) is 2. The van der Waals surface area contributed by atoms with Crippen molar-refractivity contribution in [2.24, 2.45) is 5.41 Å². The van der Waals surface area contributed by atoms with E-state index in [-0.39, 0.29) is 18.0 Å². The second-order valence-electron chi connectivity index (χ2n) is 11.0. The second kappa shape index (κ2) is 9.60. The van der Waals surface area contributed by atoms with Crippen LogP contribution in [0.25, 0.3) is 0 Å². The van der Waals surface area contributed by atoms with E-state index >= 15 is 0 Å². The molecule has 1 spiro atoms. The summed E-state index contributed by atoms with van der Waals surface area (Å²) in [6, 6.07) is 7.88. The van der Waals surface area contributed by atoms with Crippen molar-refractivity contribution in [2.45, 2.75) is 42.9 Å². The molecule has 4 aliphatic rings. The first kappa shape index (κ1) is 26.3. The van der Waals surface area contributed by atoms with E-state index < -0.39 is 34.9 Å². The molecule has 3 aliphatic heterocycles. The van der Waals surface area contributed by atoms with E-state index in [2.05, 4.69) is 14.9 Å². The van der Waals surface area contributed by atoms with E-state index in [9.17, 15) is 22.0 Å². The van der Waals surface area contributed by atoms with Gasteiger partial charge in [0, 0.05) is 37.2 Å². The Bertz CT molecular complexity index is 1400. The maximum absolute atomic E-state index is 13.6. The largest absolute Gasteiger partial charge is 0.491 e. The van der Waals surface area contributed by atoms with Crippen LogP contribution in [-0.2, 0) is 16.4 Å². The molecule has 3 heterocycles. The summed E-state index contributed by atoms with van der Waals surface area (Å²) in [7, 11) is -3.85. The first-order valence-corrected chi connectivity index (χ1v) is 14.8. The van der Waals surface area contributed by atoms with Crippen molar-refractivity contribution in [1.29, 1.82) is 0 Å². The summed E-state index contributed by atoms with van der Waals surface area (Å²) in [5, 5.41) is 12.0. The van der Waals surface area contributed by atoms with E-state index in [1.807, 2.05) is 0 Å². The lowest BCUT2D eigenvalue weighted by Crippen LogP contribution is -2.56. The van der Waals surface area contributed by atoms with Gasteiger partial charge in [0.15, 0.2) is 0 Å². The standard InChI is InChI=1S/C27H32F2N4O5S/c28-27(29)16-33(17-27)23-14-19(13-18-3-12-38-24(18)23)25(35)31-21-2-1-20(39(36,37)30-8-11-34)15-22(21)32-9-6-26(4-5-26)7-10-32/h1-2,13-15,30,34H,3-12,16-17H2,(H,31,35). The van der Waals surface area contributed by atoms with Gasteiger partial charge in [-0.1, -0.05) is 0 Å². The number of anilines is 3. The summed E-state index contributed by atoms with van der Waals surface area (Å²) >= 11 is 0. The minimum Gasteiger partial charge on any atom is -0.491 e. The van der Waals surface area contributed by atoms with E-state index in [0.29, 0.717) is 46.8 Å². The molecule has 3 fully saturated rings. The van der Waals surface area contributed by atoms with Crippen LogP contribution in [0.2, 0.25) is 0 Å². The number of amides is 1. The van der Waals surface area contributed by atoms with Gasteiger partial charge in [0.25, 0.3) is 11.8 Å². The maximum Gasteiger partial charge on any atom is 0.282 e. The van der Waals surface area contributed by atoms with Gasteiger partial charge >= 0.3 is 0 Å². The number of carbonyl (C=O) groups is 1. The average molecular weight is 563 g/mol. The van der Waals surface area contributed by atoms with Gasteiger partial charge in [0.1, 0.15) is 5.75 Å². The molecule has 9 nitrogen and oxygen atoms in total. The first-order chi connectivity index (χ1) is 18.6. The Kier molecular flexibility index (Phi) is 6.47. The fourth-order valence-electron chi connectivity index (χ4n) is 5.74. The third-order valence-electron chi connectivity index (χ3n) is 8.26. The van der Waals surface area contributed by atoms with Crippen LogP contribution in [-0.4, -0.2) is 71.3 Å². The third-order valence-corrected chi connectivity index (χ3v) is 9.72. The Hall–Kier alpha value is -2.96. The molecule has 0 atom stereocenters. The van der Waals surface area contributed by atoms with Crippen molar-refractivity contribution in [2.75, 3.05) is 61.1 Å². The molecule has 1 amide bonds. The fraction of sp³-hybridized carbons (Fsp3) is 0.519. The van der Waals surface area contributed by atoms with Crippen LogP contribution in [0.1, 0.15) is 41.6 Å².